The zero-order valence-corrected chi connectivity index (χ0v) is 6.72. The first kappa shape index (κ1) is 5.75. The number of carbonyl (C=O) groups excluding carboxylic acids is 2. The lowest BCUT2D eigenvalue weighted by atomic mass is 10.0. The summed E-state index contributed by atoms with van der Waals surface area (Å²) < 4.78 is 25.5. The van der Waals surface area contributed by atoms with Gasteiger partial charge in [-0.05, 0) is 6.42 Å². The van der Waals surface area contributed by atoms with Crippen LogP contribution >= 0.6 is 0 Å². The Bertz CT molecular complexity index is 222. The van der Waals surface area contributed by atoms with Crippen molar-refractivity contribution in [1.82, 2.24) is 0 Å². The van der Waals surface area contributed by atoms with Crippen LogP contribution in [0.5, 0.6) is 0 Å². The molecule has 3 heteroatoms. The maximum atomic E-state index is 11.3. The molecule has 0 bridgehead atoms. The fraction of sp³-hybridized carbons (Fsp3) is 0.750. The molecule has 64 valence electrons. The van der Waals surface area contributed by atoms with E-state index in [9.17, 15) is 9.59 Å². The van der Waals surface area contributed by atoms with E-state index in [0.717, 1.165) is 7.11 Å². The average Bonchev–Trinajstić information content (AvgIpc) is 2.02. The van der Waals surface area contributed by atoms with E-state index in [1.807, 2.05) is 0 Å². The smallest absolute Gasteiger partial charge is 0.313 e. The van der Waals surface area contributed by atoms with Crippen molar-refractivity contribution in [3.05, 3.63) is 0 Å². The molecule has 0 saturated carbocycles. The SMILES string of the molecule is [2H]C([2H])([2H])C(CC)C(=O)CC(=O)OC. The Morgan fingerprint density at radius 2 is 2.27 bits per heavy atom. The molecule has 1 unspecified atom stereocenters. The minimum atomic E-state index is -2.33. The highest BCUT2D eigenvalue weighted by Crippen LogP contribution is 2.05. The minimum Gasteiger partial charge on any atom is -0.469 e. The Morgan fingerprint density at radius 1 is 1.64 bits per heavy atom. The third-order valence-corrected chi connectivity index (χ3v) is 1.34. The van der Waals surface area contributed by atoms with E-state index in [-0.39, 0.29) is 6.42 Å². The number of ether oxygens (including phenoxy) is 1. The van der Waals surface area contributed by atoms with Crippen molar-refractivity contribution in [2.45, 2.75) is 26.6 Å². The van der Waals surface area contributed by atoms with Crippen LogP contribution in [0, 0.1) is 5.92 Å². The second kappa shape index (κ2) is 4.88. The predicted molar refractivity (Wildman–Crippen MR) is 41.1 cm³/mol. The van der Waals surface area contributed by atoms with Gasteiger partial charge in [0.05, 0.1) is 7.11 Å². The fourth-order valence-electron chi connectivity index (χ4n) is 0.565. The van der Waals surface area contributed by atoms with Crippen molar-refractivity contribution < 1.29 is 18.4 Å². The highest BCUT2D eigenvalue weighted by Gasteiger charge is 2.14. The van der Waals surface area contributed by atoms with E-state index in [2.05, 4.69) is 4.74 Å². The molecule has 1 atom stereocenters. The van der Waals surface area contributed by atoms with Crippen LogP contribution in [-0.2, 0) is 14.3 Å². The molecule has 3 nitrogen and oxygen atoms in total. The standard InChI is InChI=1S/C8H14O3/c1-4-6(2)7(9)5-8(10)11-3/h6H,4-5H2,1-3H3/i2D3. The number of rotatable bonds is 4. The molecule has 0 aromatic rings. The van der Waals surface area contributed by atoms with Crippen LogP contribution < -0.4 is 0 Å². The number of carbonyl (C=O) groups is 2. The van der Waals surface area contributed by atoms with E-state index in [0.29, 0.717) is 0 Å². The van der Waals surface area contributed by atoms with Crippen molar-refractivity contribution in [1.29, 1.82) is 0 Å². The van der Waals surface area contributed by atoms with Gasteiger partial charge in [0.2, 0.25) is 0 Å². The van der Waals surface area contributed by atoms with E-state index in [4.69, 9.17) is 4.11 Å². The number of Topliss-reactive ketones (excluding diaryl/α,β-unsaturated/α-hetero) is 1. The van der Waals surface area contributed by atoms with Crippen LogP contribution in [0.15, 0.2) is 0 Å². The van der Waals surface area contributed by atoms with Gasteiger partial charge in [-0.2, -0.15) is 0 Å². The molecule has 0 N–H and O–H groups in total. The first-order valence-corrected chi connectivity index (χ1v) is 3.42. The van der Waals surface area contributed by atoms with Crippen molar-refractivity contribution in [3.8, 4) is 0 Å². The van der Waals surface area contributed by atoms with Gasteiger partial charge in [0, 0.05) is 10.0 Å². The third kappa shape index (κ3) is 3.75. The Balaban J connectivity index is 4.41. The number of esters is 1. The molecular weight excluding hydrogens is 144 g/mol. The second-order valence-corrected chi connectivity index (χ2v) is 2.18. The van der Waals surface area contributed by atoms with E-state index in [1.54, 1.807) is 6.92 Å². The molecule has 0 aromatic heterocycles. The van der Waals surface area contributed by atoms with Crippen molar-refractivity contribution in [2.24, 2.45) is 5.92 Å². The molecule has 0 aliphatic heterocycles. The van der Waals surface area contributed by atoms with Gasteiger partial charge < -0.3 is 4.74 Å². The van der Waals surface area contributed by atoms with Crippen LogP contribution in [-0.4, -0.2) is 18.9 Å². The summed E-state index contributed by atoms with van der Waals surface area (Å²) in [4.78, 5) is 22.1. The number of methoxy groups -OCH3 is 1. The summed E-state index contributed by atoms with van der Waals surface area (Å²) in [5, 5.41) is 0. The maximum Gasteiger partial charge on any atom is 0.313 e. The van der Waals surface area contributed by atoms with Gasteiger partial charge in [0.1, 0.15) is 12.2 Å². The zero-order chi connectivity index (χ0) is 11.4. The largest absolute Gasteiger partial charge is 0.469 e. The summed E-state index contributed by atoms with van der Waals surface area (Å²) in [6.07, 6.45) is -0.264. The minimum absolute atomic E-state index is 0.201. The molecule has 0 aromatic carbocycles. The first-order chi connectivity index (χ1) is 6.32. The molecular formula is C8H14O3. The lowest BCUT2D eigenvalue weighted by Crippen LogP contribution is -2.15. The first-order valence-electron chi connectivity index (χ1n) is 4.92. The van der Waals surface area contributed by atoms with Crippen LogP contribution in [0.3, 0.4) is 0 Å². The van der Waals surface area contributed by atoms with E-state index < -0.39 is 30.9 Å². The zero-order valence-electron chi connectivity index (χ0n) is 9.72. The molecule has 11 heavy (non-hydrogen) atoms. The monoisotopic (exact) mass is 161 g/mol. The summed E-state index contributed by atoms with van der Waals surface area (Å²) in [7, 11) is 1.16. The summed E-state index contributed by atoms with van der Waals surface area (Å²) in [5.41, 5.74) is 0. The molecule has 0 spiro atoms. The normalized spacial score (nSPS) is 17.5. The fourth-order valence-corrected chi connectivity index (χ4v) is 0.565. The summed E-state index contributed by atoms with van der Waals surface area (Å²) in [5.74, 6) is -2.35. The van der Waals surface area contributed by atoms with Crippen LogP contribution in [0.4, 0.5) is 0 Å². The molecule has 0 fully saturated rings. The Kier molecular flexibility index (Phi) is 2.55. The topological polar surface area (TPSA) is 43.4 Å². The number of ketones is 1. The van der Waals surface area contributed by atoms with Gasteiger partial charge in [0.15, 0.2) is 0 Å². The van der Waals surface area contributed by atoms with Gasteiger partial charge in [-0.1, -0.05) is 13.8 Å². The second-order valence-electron chi connectivity index (χ2n) is 2.18. The lowest BCUT2D eigenvalue weighted by Gasteiger charge is -2.04. The summed E-state index contributed by atoms with van der Waals surface area (Å²) >= 11 is 0. The molecule has 0 saturated heterocycles. The van der Waals surface area contributed by atoms with Crippen molar-refractivity contribution in [3.63, 3.8) is 0 Å². The van der Waals surface area contributed by atoms with Gasteiger partial charge in [-0.25, -0.2) is 0 Å². The van der Waals surface area contributed by atoms with Gasteiger partial charge in [-0.3, -0.25) is 9.59 Å². The average molecular weight is 161 g/mol. The third-order valence-electron chi connectivity index (χ3n) is 1.34. The Morgan fingerprint density at radius 3 is 2.64 bits per heavy atom. The molecule has 0 aliphatic rings. The van der Waals surface area contributed by atoms with E-state index in [1.165, 1.54) is 0 Å². The molecule has 0 rings (SSSR count). The lowest BCUT2D eigenvalue weighted by molar-refractivity contribution is -0.144. The molecule has 0 amide bonds. The maximum absolute atomic E-state index is 11.3. The quantitative estimate of drug-likeness (QED) is 0.459. The van der Waals surface area contributed by atoms with Crippen LogP contribution in [0.2, 0.25) is 0 Å². The van der Waals surface area contributed by atoms with Crippen LogP contribution in [0.25, 0.3) is 0 Å². The highest BCUT2D eigenvalue weighted by molar-refractivity contribution is 5.96. The number of hydrogen-bond donors (Lipinski definition) is 0. The van der Waals surface area contributed by atoms with Crippen molar-refractivity contribution >= 4 is 11.8 Å². The van der Waals surface area contributed by atoms with Gasteiger partial charge >= 0.3 is 5.97 Å². The van der Waals surface area contributed by atoms with E-state index >= 15 is 0 Å². The predicted octanol–water partition coefficient (Wildman–Crippen LogP) is 1.16. The Hall–Kier alpha value is -0.860. The van der Waals surface area contributed by atoms with Crippen LogP contribution in [0.1, 0.15) is 30.7 Å². The summed E-state index contributed by atoms with van der Waals surface area (Å²) in [6, 6.07) is 0. The molecule has 0 heterocycles. The highest BCUT2D eigenvalue weighted by atomic mass is 16.5. The summed E-state index contributed by atoms with van der Waals surface area (Å²) in [6.45, 7) is -0.730. The molecule has 0 radical (unpaired) electrons. The van der Waals surface area contributed by atoms with Gasteiger partial charge in [0.25, 0.3) is 0 Å². The number of hydrogen-bond acceptors (Lipinski definition) is 3. The Labute approximate surface area is 70.9 Å². The molecule has 0 aliphatic carbocycles. The van der Waals surface area contributed by atoms with Crippen molar-refractivity contribution in [2.75, 3.05) is 7.11 Å². The van der Waals surface area contributed by atoms with Gasteiger partial charge in [-0.15, -0.1) is 0 Å².